The first-order valence-electron chi connectivity index (χ1n) is 9.42. The van der Waals surface area contributed by atoms with E-state index in [1.807, 2.05) is 0 Å². The maximum absolute atomic E-state index is 13.0. The Morgan fingerprint density at radius 2 is 1.97 bits per heavy atom. The molecule has 0 aliphatic carbocycles. The van der Waals surface area contributed by atoms with E-state index in [1.165, 1.54) is 23.9 Å². The number of nitrogen functional groups attached to an aromatic ring is 1. The number of aromatic nitrogens is 5. The van der Waals surface area contributed by atoms with Crippen LogP contribution >= 0.6 is 23.2 Å². The zero-order valence-corrected chi connectivity index (χ0v) is 18.9. The van der Waals surface area contributed by atoms with Crippen LogP contribution in [-0.2, 0) is 0 Å². The smallest absolute Gasteiger partial charge is 0.292 e. The van der Waals surface area contributed by atoms with Crippen LogP contribution in [0.5, 0.6) is 11.5 Å². The Kier molecular flexibility index (Phi) is 6.25. The first-order valence-corrected chi connectivity index (χ1v) is 10.2. The van der Waals surface area contributed by atoms with Gasteiger partial charge in [0.2, 0.25) is 11.6 Å². The third-order valence-corrected chi connectivity index (χ3v) is 5.37. The fourth-order valence-electron chi connectivity index (χ4n) is 2.95. The van der Waals surface area contributed by atoms with E-state index in [4.69, 9.17) is 33.7 Å². The number of amides is 1. The van der Waals surface area contributed by atoms with E-state index in [0.717, 1.165) is 0 Å². The summed E-state index contributed by atoms with van der Waals surface area (Å²) in [5, 5.41) is 25.5. The average molecular weight is 503 g/mol. The first kappa shape index (κ1) is 22.9. The van der Waals surface area contributed by atoms with Crippen molar-refractivity contribution in [1.29, 1.82) is 0 Å². The summed E-state index contributed by atoms with van der Waals surface area (Å²) in [6.45, 7) is 3.87. The number of anilines is 1. The number of nitrogens with one attached hydrogen (secondary N) is 2. The molecule has 2 aromatic heterocycles. The molecule has 34 heavy (non-hydrogen) atoms. The van der Waals surface area contributed by atoms with Crippen molar-refractivity contribution in [2.24, 2.45) is 0 Å². The van der Waals surface area contributed by atoms with E-state index in [2.05, 4.69) is 42.7 Å². The lowest BCUT2D eigenvalue weighted by Crippen LogP contribution is -2.36. The van der Waals surface area contributed by atoms with Crippen LogP contribution in [0, 0.1) is 0 Å². The molecule has 2 heterocycles. The summed E-state index contributed by atoms with van der Waals surface area (Å²) < 4.78 is 10.9. The van der Waals surface area contributed by atoms with E-state index in [9.17, 15) is 9.90 Å². The van der Waals surface area contributed by atoms with Gasteiger partial charge in [-0.25, -0.2) is 4.63 Å². The molecular formula is C20H16Cl2N8O4. The minimum atomic E-state index is -0.658. The van der Waals surface area contributed by atoms with Crippen LogP contribution in [0.15, 0.2) is 47.6 Å². The van der Waals surface area contributed by atoms with Crippen LogP contribution in [0.4, 0.5) is 5.82 Å². The van der Waals surface area contributed by atoms with Crippen molar-refractivity contribution in [3.8, 4) is 28.6 Å². The van der Waals surface area contributed by atoms with E-state index >= 15 is 0 Å². The number of carbonyl (C=O) groups is 1. The summed E-state index contributed by atoms with van der Waals surface area (Å²) >= 11 is 12.2. The number of hydrogen-bond acceptors (Lipinski definition) is 10. The number of hydrazine groups is 1. The maximum atomic E-state index is 13.0. The second-order valence-corrected chi connectivity index (χ2v) is 7.56. The van der Waals surface area contributed by atoms with Crippen LogP contribution in [0.1, 0.15) is 16.1 Å². The molecule has 2 aromatic carbocycles. The van der Waals surface area contributed by atoms with Gasteiger partial charge < -0.3 is 15.6 Å². The van der Waals surface area contributed by atoms with Gasteiger partial charge in [-0.05, 0) is 40.6 Å². The SMILES string of the molecule is C=C(NNC(=O)c1nnn(-c2nonc2N)c1-c1ccc(Cl)c(Cl)c1)c1ccc(O)c(OC)c1. The van der Waals surface area contributed by atoms with Crippen molar-refractivity contribution >= 4 is 40.6 Å². The number of aromatic hydroxyl groups is 1. The summed E-state index contributed by atoms with van der Waals surface area (Å²) in [6, 6.07) is 9.30. The fraction of sp³-hybridized carbons (Fsp3) is 0.0500. The van der Waals surface area contributed by atoms with Gasteiger partial charge >= 0.3 is 0 Å². The average Bonchev–Trinajstić information content (AvgIpc) is 3.45. The molecule has 0 aliphatic heterocycles. The van der Waals surface area contributed by atoms with Crippen LogP contribution in [0.2, 0.25) is 10.0 Å². The molecule has 0 fully saturated rings. The van der Waals surface area contributed by atoms with E-state index in [0.29, 0.717) is 21.8 Å². The molecule has 0 unspecified atom stereocenters. The fourth-order valence-corrected chi connectivity index (χ4v) is 3.25. The van der Waals surface area contributed by atoms with Gasteiger partial charge in [0.05, 0.1) is 22.9 Å². The van der Waals surface area contributed by atoms with Gasteiger partial charge in [0.1, 0.15) is 5.69 Å². The van der Waals surface area contributed by atoms with Crippen molar-refractivity contribution < 1.29 is 19.3 Å². The highest BCUT2D eigenvalue weighted by molar-refractivity contribution is 6.42. The highest BCUT2D eigenvalue weighted by Gasteiger charge is 2.26. The molecule has 0 spiro atoms. The molecule has 14 heteroatoms. The third kappa shape index (κ3) is 4.31. The Bertz CT molecular complexity index is 1400. The Hall–Kier alpha value is -4.29. The number of benzene rings is 2. The second kappa shape index (κ2) is 9.29. The molecule has 0 radical (unpaired) electrons. The molecule has 0 bridgehead atoms. The number of hydrogen-bond donors (Lipinski definition) is 4. The largest absolute Gasteiger partial charge is 0.504 e. The molecule has 0 aliphatic rings. The summed E-state index contributed by atoms with van der Waals surface area (Å²) in [4.78, 5) is 13.0. The maximum Gasteiger partial charge on any atom is 0.292 e. The predicted octanol–water partition coefficient (Wildman–Crippen LogP) is 2.83. The predicted molar refractivity (Wildman–Crippen MR) is 123 cm³/mol. The normalized spacial score (nSPS) is 10.7. The minimum Gasteiger partial charge on any atom is -0.504 e. The van der Waals surface area contributed by atoms with Crippen LogP contribution in [0.25, 0.3) is 22.8 Å². The van der Waals surface area contributed by atoms with Crippen molar-refractivity contribution in [2.75, 3.05) is 12.8 Å². The molecule has 1 amide bonds. The number of nitrogens with two attached hydrogens (primary N) is 1. The van der Waals surface area contributed by atoms with Gasteiger partial charge in [-0.3, -0.25) is 15.6 Å². The highest BCUT2D eigenvalue weighted by atomic mass is 35.5. The summed E-state index contributed by atoms with van der Waals surface area (Å²) in [5.74, 6) is -0.482. The number of halogens is 2. The molecule has 174 valence electrons. The van der Waals surface area contributed by atoms with Crippen LogP contribution in [0.3, 0.4) is 0 Å². The number of phenolic OH excluding ortho intramolecular Hbond substituents is 1. The lowest BCUT2D eigenvalue weighted by atomic mass is 10.1. The zero-order valence-electron chi connectivity index (χ0n) is 17.4. The molecule has 0 saturated carbocycles. The topological polar surface area (TPSA) is 166 Å². The molecule has 12 nitrogen and oxygen atoms in total. The molecule has 4 aromatic rings. The minimum absolute atomic E-state index is 0.0289. The molecular weight excluding hydrogens is 487 g/mol. The van der Waals surface area contributed by atoms with Gasteiger partial charge in [0.25, 0.3) is 5.91 Å². The van der Waals surface area contributed by atoms with Crippen molar-refractivity contribution in [2.45, 2.75) is 0 Å². The molecule has 0 atom stereocenters. The third-order valence-electron chi connectivity index (χ3n) is 4.63. The van der Waals surface area contributed by atoms with Gasteiger partial charge in [0.15, 0.2) is 17.2 Å². The summed E-state index contributed by atoms with van der Waals surface area (Å²) in [6.07, 6.45) is 0. The van der Waals surface area contributed by atoms with Gasteiger partial charge in [-0.1, -0.05) is 41.1 Å². The lowest BCUT2D eigenvalue weighted by molar-refractivity contribution is 0.0938. The number of rotatable bonds is 7. The Balaban J connectivity index is 1.65. The Morgan fingerprint density at radius 3 is 2.65 bits per heavy atom. The van der Waals surface area contributed by atoms with Crippen molar-refractivity contribution in [3.05, 3.63) is 64.3 Å². The van der Waals surface area contributed by atoms with Gasteiger partial charge in [-0.15, -0.1) is 5.10 Å². The zero-order chi connectivity index (χ0) is 24.4. The van der Waals surface area contributed by atoms with Crippen molar-refractivity contribution in [3.63, 3.8) is 0 Å². The number of phenols is 1. The quantitative estimate of drug-likeness (QED) is 0.276. The number of methoxy groups -OCH3 is 1. The van der Waals surface area contributed by atoms with E-state index < -0.39 is 5.91 Å². The van der Waals surface area contributed by atoms with Gasteiger partial charge in [-0.2, -0.15) is 4.68 Å². The Morgan fingerprint density at radius 1 is 1.18 bits per heavy atom. The van der Waals surface area contributed by atoms with E-state index in [1.54, 1.807) is 24.3 Å². The Labute approximate surface area is 201 Å². The molecule has 0 saturated heterocycles. The lowest BCUT2D eigenvalue weighted by Gasteiger charge is -2.13. The molecule has 4 rings (SSSR count). The monoisotopic (exact) mass is 502 g/mol. The highest BCUT2D eigenvalue weighted by Crippen LogP contribution is 2.32. The first-order chi connectivity index (χ1) is 16.3. The van der Waals surface area contributed by atoms with E-state index in [-0.39, 0.29) is 39.5 Å². The standard InChI is InChI=1S/C20H16Cl2N8O4/c1-9(10-4-6-14(31)15(8-10)33-2)24-26-20(32)16-17(11-3-5-12(21)13(22)7-11)30(29-25-16)19-18(23)27-34-28-19/h3-8,24,31H,1H2,2H3,(H2,23,27)(H,26,32). The number of ether oxygens (including phenoxy) is 1. The van der Waals surface area contributed by atoms with Gasteiger partial charge in [0, 0.05) is 11.1 Å². The number of carbonyl (C=O) groups excluding carboxylic acids is 1. The summed E-state index contributed by atoms with van der Waals surface area (Å²) in [5.41, 5.74) is 12.4. The van der Waals surface area contributed by atoms with Crippen LogP contribution < -0.4 is 21.3 Å². The second-order valence-electron chi connectivity index (χ2n) is 6.74. The van der Waals surface area contributed by atoms with Crippen molar-refractivity contribution in [1.82, 2.24) is 36.2 Å². The number of nitrogens with zero attached hydrogens (tertiary/aromatic N) is 5. The van der Waals surface area contributed by atoms with Crippen LogP contribution in [-0.4, -0.2) is 43.4 Å². The summed E-state index contributed by atoms with van der Waals surface area (Å²) in [7, 11) is 1.42. The molecule has 5 N–H and O–H groups in total.